The van der Waals surface area contributed by atoms with Gasteiger partial charge in [-0.2, -0.15) is 0 Å². The van der Waals surface area contributed by atoms with Crippen LogP contribution in [0, 0.1) is 0 Å². The molecule has 0 aromatic carbocycles. The Hall–Kier alpha value is -0.570. The smallest absolute Gasteiger partial charge is 0.207 e. The fourth-order valence-corrected chi connectivity index (χ4v) is 2.26. The molecule has 76 valence electrons. The van der Waals surface area contributed by atoms with E-state index in [2.05, 4.69) is 24.2 Å². The molecule has 1 amide bonds. The second kappa shape index (κ2) is 4.61. The van der Waals surface area contributed by atoms with E-state index in [4.69, 9.17) is 0 Å². The van der Waals surface area contributed by atoms with E-state index >= 15 is 0 Å². The molecule has 3 heteroatoms. The molecule has 0 aromatic heterocycles. The van der Waals surface area contributed by atoms with Crippen molar-refractivity contribution in [2.45, 2.75) is 38.1 Å². The Morgan fingerprint density at radius 1 is 1.54 bits per heavy atom. The minimum atomic E-state index is 0.221. The third-order valence-corrected chi connectivity index (χ3v) is 3.37. The van der Waals surface area contributed by atoms with Crippen LogP contribution in [0.4, 0.5) is 0 Å². The zero-order valence-electron chi connectivity index (χ0n) is 8.68. The molecule has 3 nitrogen and oxygen atoms in total. The maximum absolute atomic E-state index is 10.3. The van der Waals surface area contributed by atoms with Crippen molar-refractivity contribution in [1.82, 2.24) is 10.2 Å². The molecule has 1 fully saturated rings. The molecule has 0 aliphatic carbocycles. The first-order valence-corrected chi connectivity index (χ1v) is 5.13. The van der Waals surface area contributed by atoms with Crippen LogP contribution >= 0.6 is 0 Å². The summed E-state index contributed by atoms with van der Waals surface area (Å²) >= 11 is 0. The van der Waals surface area contributed by atoms with E-state index in [0.29, 0.717) is 0 Å². The SMILES string of the molecule is CCC1(CNC=O)CCCCN1C. The van der Waals surface area contributed by atoms with Crippen LogP contribution in [0.15, 0.2) is 0 Å². The van der Waals surface area contributed by atoms with Crippen LogP contribution in [-0.4, -0.2) is 37.0 Å². The van der Waals surface area contributed by atoms with Crippen LogP contribution in [0.1, 0.15) is 32.6 Å². The van der Waals surface area contributed by atoms with E-state index in [1.165, 1.54) is 19.3 Å². The molecular formula is C10H20N2O. The predicted molar refractivity (Wildman–Crippen MR) is 53.6 cm³/mol. The normalized spacial score (nSPS) is 30.0. The molecular weight excluding hydrogens is 164 g/mol. The van der Waals surface area contributed by atoms with E-state index < -0.39 is 0 Å². The van der Waals surface area contributed by atoms with Gasteiger partial charge in [0.1, 0.15) is 0 Å². The van der Waals surface area contributed by atoms with Gasteiger partial charge in [0.25, 0.3) is 0 Å². The number of piperidine rings is 1. The van der Waals surface area contributed by atoms with Crippen LogP contribution in [0.25, 0.3) is 0 Å². The lowest BCUT2D eigenvalue weighted by molar-refractivity contribution is -0.110. The van der Waals surface area contributed by atoms with E-state index in [0.717, 1.165) is 25.9 Å². The summed E-state index contributed by atoms with van der Waals surface area (Å²) in [4.78, 5) is 12.7. The third-order valence-electron chi connectivity index (χ3n) is 3.37. The second-order valence-electron chi connectivity index (χ2n) is 3.96. The van der Waals surface area contributed by atoms with Gasteiger partial charge in [-0.15, -0.1) is 0 Å². The fraction of sp³-hybridized carbons (Fsp3) is 0.900. The summed E-state index contributed by atoms with van der Waals surface area (Å²) in [5.41, 5.74) is 0.221. The molecule has 0 saturated carbocycles. The summed E-state index contributed by atoms with van der Waals surface area (Å²) < 4.78 is 0. The molecule has 0 radical (unpaired) electrons. The number of hydrogen-bond acceptors (Lipinski definition) is 2. The summed E-state index contributed by atoms with van der Waals surface area (Å²) in [6.07, 6.45) is 5.71. The van der Waals surface area contributed by atoms with Crippen LogP contribution in [-0.2, 0) is 4.79 Å². The fourth-order valence-electron chi connectivity index (χ4n) is 2.26. The number of rotatable bonds is 4. The number of nitrogens with one attached hydrogen (secondary N) is 1. The zero-order valence-corrected chi connectivity index (χ0v) is 8.68. The number of hydrogen-bond donors (Lipinski definition) is 1. The quantitative estimate of drug-likeness (QED) is 0.661. The highest BCUT2D eigenvalue weighted by atomic mass is 16.1. The van der Waals surface area contributed by atoms with Gasteiger partial charge in [-0.05, 0) is 32.9 Å². The number of likely N-dealkylation sites (N-methyl/N-ethyl adjacent to an activating group) is 1. The van der Waals surface area contributed by atoms with Crippen LogP contribution in [0.5, 0.6) is 0 Å². The molecule has 0 spiro atoms. The summed E-state index contributed by atoms with van der Waals surface area (Å²) in [5.74, 6) is 0. The van der Waals surface area contributed by atoms with Crippen molar-refractivity contribution in [3.8, 4) is 0 Å². The second-order valence-corrected chi connectivity index (χ2v) is 3.96. The highest BCUT2D eigenvalue weighted by Gasteiger charge is 2.34. The van der Waals surface area contributed by atoms with Gasteiger partial charge in [0.05, 0.1) is 0 Å². The minimum Gasteiger partial charge on any atom is -0.357 e. The van der Waals surface area contributed by atoms with Gasteiger partial charge >= 0.3 is 0 Å². The zero-order chi connectivity index (χ0) is 9.73. The maximum atomic E-state index is 10.3. The van der Waals surface area contributed by atoms with Crippen molar-refractivity contribution >= 4 is 6.41 Å². The molecule has 1 N–H and O–H groups in total. The Kier molecular flexibility index (Phi) is 3.72. The molecule has 1 unspecified atom stereocenters. The molecule has 1 aliphatic rings. The van der Waals surface area contributed by atoms with E-state index in [1.54, 1.807) is 0 Å². The summed E-state index contributed by atoms with van der Waals surface area (Å²) in [7, 11) is 2.16. The highest BCUT2D eigenvalue weighted by Crippen LogP contribution is 2.28. The summed E-state index contributed by atoms with van der Waals surface area (Å²) in [5, 5.41) is 2.82. The van der Waals surface area contributed by atoms with Crippen molar-refractivity contribution in [3.63, 3.8) is 0 Å². The highest BCUT2D eigenvalue weighted by molar-refractivity contribution is 5.46. The van der Waals surface area contributed by atoms with Crippen molar-refractivity contribution in [3.05, 3.63) is 0 Å². The molecule has 1 aliphatic heterocycles. The first-order valence-electron chi connectivity index (χ1n) is 5.13. The number of likely N-dealkylation sites (tertiary alicyclic amines) is 1. The van der Waals surface area contributed by atoms with Crippen molar-refractivity contribution < 1.29 is 4.79 Å². The van der Waals surface area contributed by atoms with Crippen LogP contribution in [0.2, 0.25) is 0 Å². The van der Waals surface area contributed by atoms with Crippen molar-refractivity contribution in [2.75, 3.05) is 20.1 Å². The molecule has 1 rings (SSSR count). The average molecular weight is 184 g/mol. The van der Waals surface area contributed by atoms with E-state index in [1.807, 2.05) is 0 Å². The first kappa shape index (κ1) is 10.5. The Balaban J connectivity index is 2.58. The van der Waals surface area contributed by atoms with Gasteiger partial charge in [-0.1, -0.05) is 13.3 Å². The molecule has 0 aromatic rings. The number of carbonyl (C=O) groups is 1. The van der Waals surface area contributed by atoms with Gasteiger partial charge in [0, 0.05) is 12.1 Å². The average Bonchev–Trinajstić information content (AvgIpc) is 2.17. The van der Waals surface area contributed by atoms with Gasteiger partial charge < -0.3 is 5.32 Å². The minimum absolute atomic E-state index is 0.221. The number of nitrogens with zero attached hydrogens (tertiary/aromatic N) is 1. The summed E-state index contributed by atoms with van der Waals surface area (Å²) in [6, 6.07) is 0. The Morgan fingerprint density at radius 2 is 2.31 bits per heavy atom. The van der Waals surface area contributed by atoms with Crippen molar-refractivity contribution in [2.24, 2.45) is 0 Å². The standard InChI is InChI=1S/C10H20N2O/c1-3-10(8-11-9-13)6-4-5-7-12(10)2/h9H,3-8H2,1-2H3,(H,11,13). The first-order chi connectivity index (χ1) is 6.25. The molecule has 1 heterocycles. The molecule has 1 atom stereocenters. The lowest BCUT2D eigenvalue weighted by Gasteiger charge is -2.44. The largest absolute Gasteiger partial charge is 0.357 e. The van der Waals surface area contributed by atoms with E-state index in [9.17, 15) is 4.79 Å². The molecule has 0 bridgehead atoms. The monoisotopic (exact) mass is 184 g/mol. The topological polar surface area (TPSA) is 32.3 Å². The summed E-state index contributed by atoms with van der Waals surface area (Å²) in [6.45, 7) is 4.16. The van der Waals surface area contributed by atoms with Crippen LogP contribution < -0.4 is 5.32 Å². The Labute approximate surface area is 80.5 Å². The van der Waals surface area contributed by atoms with Gasteiger partial charge in [-0.3, -0.25) is 9.69 Å². The lowest BCUT2D eigenvalue weighted by Crippen LogP contribution is -2.55. The Morgan fingerprint density at radius 3 is 2.85 bits per heavy atom. The van der Waals surface area contributed by atoms with Crippen molar-refractivity contribution in [1.29, 1.82) is 0 Å². The molecule has 13 heavy (non-hydrogen) atoms. The number of amides is 1. The third kappa shape index (κ3) is 2.21. The lowest BCUT2D eigenvalue weighted by atomic mass is 9.84. The van der Waals surface area contributed by atoms with Gasteiger partial charge in [-0.25, -0.2) is 0 Å². The van der Waals surface area contributed by atoms with Gasteiger partial charge in [0.15, 0.2) is 0 Å². The van der Waals surface area contributed by atoms with Crippen LogP contribution in [0.3, 0.4) is 0 Å². The Bertz CT molecular complexity index is 172. The molecule has 1 saturated heterocycles. The predicted octanol–water partition coefficient (Wildman–Crippen LogP) is 0.997. The maximum Gasteiger partial charge on any atom is 0.207 e. The number of carbonyl (C=O) groups excluding carboxylic acids is 1. The van der Waals surface area contributed by atoms with E-state index in [-0.39, 0.29) is 5.54 Å². The van der Waals surface area contributed by atoms with Gasteiger partial charge in [0.2, 0.25) is 6.41 Å².